The SMILES string of the molecule is COc1cc(OC)c(OC)cc1CN1CCCCC[C@@H]1c1cccc(F)c1. The highest BCUT2D eigenvalue weighted by Gasteiger charge is 2.25. The van der Waals surface area contributed by atoms with Crippen molar-refractivity contribution < 1.29 is 18.6 Å². The third kappa shape index (κ3) is 4.53. The topological polar surface area (TPSA) is 30.9 Å². The molecule has 1 saturated heterocycles. The summed E-state index contributed by atoms with van der Waals surface area (Å²) < 4.78 is 30.3. The Balaban J connectivity index is 1.93. The van der Waals surface area contributed by atoms with E-state index >= 15 is 0 Å². The summed E-state index contributed by atoms with van der Waals surface area (Å²) in [6.07, 6.45) is 4.52. The third-order valence-electron chi connectivity index (χ3n) is 5.26. The first-order valence-electron chi connectivity index (χ1n) is 9.44. The van der Waals surface area contributed by atoms with Crippen LogP contribution in [-0.4, -0.2) is 32.8 Å². The van der Waals surface area contributed by atoms with Crippen molar-refractivity contribution in [3.05, 3.63) is 53.3 Å². The predicted molar refractivity (Wildman–Crippen MR) is 104 cm³/mol. The fourth-order valence-corrected chi connectivity index (χ4v) is 3.88. The minimum Gasteiger partial charge on any atom is -0.496 e. The van der Waals surface area contributed by atoms with Crippen molar-refractivity contribution in [1.29, 1.82) is 0 Å². The van der Waals surface area contributed by atoms with Gasteiger partial charge in [-0.3, -0.25) is 4.90 Å². The highest BCUT2D eigenvalue weighted by atomic mass is 19.1. The van der Waals surface area contributed by atoms with Crippen LogP contribution in [0.1, 0.15) is 42.9 Å². The van der Waals surface area contributed by atoms with Crippen molar-refractivity contribution >= 4 is 0 Å². The van der Waals surface area contributed by atoms with Crippen LogP contribution in [0.25, 0.3) is 0 Å². The molecule has 2 aromatic carbocycles. The van der Waals surface area contributed by atoms with Gasteiger partial charge >= 0.3 is 0 Å². The van der Waals surface area contributed by atoms with E-state index in [-0.39, 0.29) is 11.9 Å². The maximum absolute atomic E-state index is 13.8. The Kier molecular flexibility index (Phi) is 6.56. The quantitative estimate of drug-likeness (QED) is 0.715. The molecule has 27 heavy (non-hydrogen) atoms. The molecule has 4 nitrogen and oxygen atoms in total. The molecule has 0 bridgehead atoms. The Morgan fingerprint density at radius 2 is 1.67 bits per heavy atom. The van der Waals surface area contributed by atoms with Crippen LogP contribution < -0.4 is 14.2 Å². The first-order chi connectivity index (χ1) is 13.2. The van der Waals surface area contributed by atoms with Crippen LogP contribution in [0.4, 0.5) is 4.39 Å². The van der Waals surface area contributed by atoms with E-state index in [1.165, 1.54) is 12.5 Å². The van der Waals surface area contributed by atoms with E-state index in [0.29, 0.717) is 18.0 Å². The molecule has 1 aliphatic heterocycles. The summed E-state index contributed by atoms with van der Waals surface area (Å²) in [6, 6.07) is 11.0. The largest absolute Gasteiger partial charge is 0.496 e. The summed E-state index contributed by atoms with van der Waals surface area (Å²) in [4.78, 5) is 2.42. The number of halogens is 1. The fraction of sp³-hybridized carbons (Fsp3) is 0.455. The van der Waals surface area contributed by atoms with Crippen molar-refractivity contribution in [3.8, 4) is 17.2 Å². The average Bonchev–Trinajstić information content (AvgIpc) is 2.93. The molecule has 2 aromatic rings. The number of likely N-dealkylation sites (tertiary alicyclic amines) is 1. The van der Waals surface area contributed by atoms with Crippen molar-refractivity contribution in [2.24, 2.45) is 0 Å². The van der Waals surface area contributed by atoms with Crippen molar-refractivity contribution in [2.45, 2.75) is 38.3 Å². The number of rotatable bonds is 6. The highest BCUT2D eigenvalue weighted by molar-refractivity contribution is 5.50. The molecule has 0 aromatic heterocycles. The lowest BCUT2D eigenvalue weighted by Crippen LogP contribution is -2.28. The summed E-state index contributed by atoms with van der Waals surface area (Å²) in [6.45, 7) is 1.68. The minimum atomic E-state index is -0.180. The second kappa shape index (κ2) is 9.09. The van der Waals surface area contributed by atoms with Crippen molar-refractivity contribution in [3.63, 3.8) is 0 Å². The molecule has 1 heterocycles. The third-order valence-corrected chi connectivity index (χ3v) is 5.26. The van der Waals surface area contributed by atoms with Gasteiger partial charge in [-0.2, -0.15) is 0 Å². The standard InChI is InChI=1S/C22H28FNO3/c1-25-20-14-22(27-3)21(26-2)13-17(20)15-24-11-6-4-5-10-19(24)16-8-7-9-18(23)12-16/h7-9,12-14,19H,4-6,10-11,15H2,1-3H3/t19-/m1/s1. The number of ether oxygens (including phenoxy) is 3. The van der Waals surface area contributed by atoms with Crippen LogP contribution in [0.3, 0.4) is 0 Å². The Hall–Kier alpha value is -2.27. The van der Waals surface area contributed by atoms with Gasteiger partial charge in [0.15, 0.2) is 11.5 Å². The zero-order chi connectivity index (χ0) is 19.2. The van der Waals surface area contributed by atoms with Gasteiger partial charge in [-0.1, -0.05) is 25.0 Å². The lowest BCUT2D eigenvalue weighted by molar-refractivity contribution is 0.189. The monoisotopic (exact) mass is 373 g/mol. The summed E-state index contributed by atoms with van der Waals surface area (Å²) in [7, 11) is 4.92. The Morgan fingerprint density at radius 3 is 2.37 bits per heavy atom. The summed E-state index contributed by atoms with van der Waals surface area (Å²) >= 11 is 0. The molecular weight excluding hydrogens is 345 g/mol. The Labute approximate surface area is 160 Å². The van der Waals surface area contributed by atoms with E-state index < -0.39 is 0 Å². The zero-order valence-electron chi connectivity index (χ0n) is 16.3. The lowest BCUT2D eigenvalue weighted by Gasteiger charge is -2.31. The Morgan fingerprint density at radius 1 is 0.926 bits per heavy atom. The molecule has 5 heteroatoms. The molecule has 0 amide bonds. The van der Waals surface area contributed by atoms with Crippen LogP contribution in [0.5, 0.6) is 17.2 Å². The van der Waals surface area contributed by atoms with Crippen LogP contribution in [0.15, 0.2) is 36.4 Å². The second-order valence-corrected chi connectivity index (χ2v) is 6.91. The Bertz CT molecular complexity index is 765. The van der Waals surface area contributed by atoms with Crippen LogP contribution >= 0.6 is 0 Å². The molecule has 0 N–H and O–H groups in total. The fourth-order valence-electron chi connectivity index (χ4n) is 3.88. The van der Waals surface area contributed by atoms with E-state index in [2.05, 4.69) is 4.90 Å². The molecule has 0 unspecified atom stereocenters. The zero-order valence-corrected chi connectivity index (χ0v) is 16.3. The van der Waals surface area contributed by atoms with Gasteiger partial charge in [0.05, 0.1) is 21.3 Å². The van der Waals surface area contributed by atoms with E-state index in [1.54, 1.807) is 33.5 Å². The lowest BCUT2D eigenvalue weighted by atomic mass is 10.00. The maximum atomic E-state index is 13.8. The number of hydrogen-bond acceptors (Lipinski definition) is 4. The van der Waals surface area contributed by atoms with Crippen molar-refractivity contribution in [1.82, 2.24) is 4.90 Å². The summed E-state index contributed by atoms with van der Waals surface area (Å²) in [5.74, 6) is 1.93. The summed E-state index contributed by atoms with van der Waals surface area (Å²) in [5.41, 5.74) is 2.08. The molecule has 0 aliphatic carbocycles. The highest BCUT2D eigenvalue weighted by Crippen LogP contribution is 2.38. The van der Waals surface area contributed by atoms with E-state index in [0.717, 1.165) is 42.7 Å². The molecule has 0 saturated carbocycles. The maximum Gasteiger partial charge on any atom is 0.164 e. The number of hydrogen-bond donors (Lipinski definition) is 0. The number of methoxy groups -OCH3 is 3. The molecule has 146 valence electrons. The van der Waals surface area contributed by atoms with Gasteiger partial charge in [0.25, 0.3) is 0 Å². The van der Waals surface area contributed by atoms with Gasteiger partial charge in [0.1, 0.15) is 11.6 Å². The molecule has 0 spiro atoms. The average molecular weight is 373 g/mol. The first-order valence-corrected chi connectivity index (χ1v) is 9.44. The molecule has 3 rings (SSSR count). The second-order valence-electron chi connectivity index (χ2n) is 6.91. The predicted octanol–water partition coefficient (Wildman–Crippen LogP) is 4.97. The molecule has 1 fully saturated rings. The number of nitrogens with zero attached hydrogens (tertiary/aromatic N) is 1. The first kappa shape index (κ1) is 19.5. The van der Waals surface area contributed by atoms with E-state index in [9.17, 15) is 4.39 Å². The van der Waals surface area contributed by atoms with E-state index in [4.69, 9.17) is 14.2 Å². The molecular formula is C22H28FNO3. The van der Waals surface area contributed by atoms with Gasteiger partial charge < -0.3 is 14.2 Å². The number of benzene rings is 2. The van der Waals surface area contributed by atoms with Crippen LogP contribution in [-0.2, 0) is 6.54 Å². The smallest absolute Gasteiger partial charge is 0.164 e. The van der Waals surface area contributed by atoms with Gasteiger partial charge in [-0.05, 0) is 43.1 Å². The van der Waals surface area contributed by atoms with Gasteiger partial charge in [-0.15, -0.1) is 0 Å². The van der Waals surface area contributed by atoms with Crippen molar-refractivity contribution in [2.75, 3.05) is 27.9 Å². The van der Waals surface area contributed by atoms with E-state index in [1.807, 2.05) is 18.2 Å². The molecule has 0 radical (unpaired) electrons. The van der Waals surface area contributed by atoms with Crippen LogP contribution in [0, 0.1) is 5.82 Å². The molecule has 1 aliphatic rings. The van der Waals surface area contributed by atoms with Crippen LogP contribution in [0.2, 0.25) is 0 Å². The van der Waals surface area contributed by atoms with Gasteiger partial charge in [0, 0.05) is 24.2 Å². The van der Waals surface area contributed by atoms with Gasteiger partial charge in [0.2, 0.25) is 0 Å². The summed E-state index contributed by atoms with van der Waals surface area (Å²) in [5, 5.41) is 0. The molecule has 1 atom stereocenters. The normalized spacial score (nSPS) is 18.0. The van der Waals surface area contributed by atoms with Gasteiger partial charge in [-0.25, -0.2) is 4.39 Å². The minimum absolute atomic E-state index is 0.180.